The number of benzene rings is 1. The fraction of sp³-hybridized carbons (Fsp3) is 0.357. The van der Waals surface area contributed by atoms with E-state index in [0.717, 1.165) is 4.90 Å². The molecule has 2 aliphatic heterocycles. The quantitative estimate of drug-likeness (QED) is 0.758. The van der Waals surface area contributed by atoms with Crippen molar-refractivity contribution in [3.8, 4) is 0 Å². The summed E-state index contributed by atoms with van der Waals surface area (Å²) < 4.78 is 5.17. The molecule has 0 unspecified atom stereocenters. The van der Waals surface area contributed by atoms with Gasteiger partial charge in [-0.25, -0.2) is 0 Å². The highest BCUT2D eigenvalue weighted by molar-refractivity contribution is 6.32. The van der Waals surface area contributed by atoms with E-state index in [-0.39, 0.29) is 18.0 Å². The van der Waals surface area contributed by atoms with Gasteiger partial charge in [-0.05, 0) is 18.2 Å². The maximum Gasteiger partial charge on any atom is 0.262 e. The Kier molecular flexibility index (Phi) is 3.65. The minimum absolute atomic E-state index is 0.246. The fourth-order valence-corrected chi connectivity index (χ4v) is 2.63. The molecule has 3 amide bonds. The lowest BCUT2D eigenvalue weighted by atomic mass is 10.1. The lowest BCUT2D eigenvalue weighted by Gasteiger charge is -2.28. The van der Waals surface area contributed by atoms with Gasteiger partial charge in [-0.1, -0.05) is 11.6 Å². The zero-order valence-corrected chi connectivity index (χ0v) is 11.9. The van der Waals surface area contributed by atoms with E-state index in [1.165, 1.54) is 12.1 Å². The molecule has 1 aromatic carbocycles. The molecule has 0 radical (unpaired) electrons. The smallest absolute Gasteiger partial charge is 0.262 e. The molecule has 1 aromatic rings. The minimum atomic E-state index is -0.473. The molecule has 2 aliphatic rings. The molecule has 0 spiro atoms. The summed E-state index contributed by atoms with van der Waals surface area (Å²) in [5, 5.41) is 0.385. The van der Waals surface area contributed by atoms with Crippen LogP contribution in [0.15, 0.2) is 18.2 Å². The normalized spacial score (nSPS) is 18.1. The average Bonchev–Trinajstić information content (AvgIpc) is 2.73. The van der Waals surface area contributed by atoms with Crippen molar-refractivity contribution in [1.82, 2.24) is 9.80 Å². The van der Waals surface area contributed by atoms with Crippen molar-refractivity contribution in [2.45, 2.75) is 0 Å². The van der Waals surface area contributed by atoms with Crippen molar-refractivity contribution in [2.75, 3.05) is 32.8 Å². The number of rotatable bonds is 2. The second-order valence-corrected chi connectivity index (χ2v) is 5.32. The van der Waals surface area contributed by atoms with Crippen LogP contribution in [0.1, 0.15) is 20.7 Å². The Hall–Kier alpha value is -1.92. The highest BCUT2D eigenvalue weighted by Gasteiger charge is 2.37. The number of carbonyl (C=O) groups is 3. The van der Waals surface area contributed by atoms with Crippen molar-refractivity contribution in [1.29, 1.82) is 0 Å². The standard InChI is InChI=1S/C14H13ClN2O4/c15-9-1-2-10-11(7-9)14(20)17(13(10)19)8-12(18)16-3-5-21-6-4-16/h1-2,7H,3-6,8H2. The minimum Gasteiger partial charge on any atom is -0.378 e. The van der Waals surface area contributed by atoms with E-state index in [0.29, 0.717) is 36.9 Å². The van der Waals surface area contributed by atoms with Crippen molar-refractivity contribution in [3.63, 3.8) is 0 Å². The number of amides is 3. The molecule has 0 atom stereocenters. The van der Waals surface area contributed by atoms with Crippen molar-refractivity contribution >= 4 is 29.3 Å². The first-order chi connectivity index (χ1) is 10.1. The number of ether oxygens (including phenoxy) is 1. The second-order valence-electron chi connectivity index (χ2n) is 4.88. The molecule has 0 bridgehead atoms. The van der Waals surface area contributed by atoms with Gasteiger partial charge in [0.15, 0.2) is 0 Å². The van der Waals surface area contributed by atoms with E-state index in [1.54, 1.807) is 11.0 Å². The molecule has 0 saturated carbocycles. The van der Waals surface area contributed by atoms with Crippen molar-refractivity contribution in [3.05, 3.63) is 34.3 Å². The molecule has 6 nitrogen and oxygen atoms in total. The Morgan fingerprint density at radius 2 is 1.81 bits per heavy atom. The van der Waals surface area contributed by atoms with Crippen molar-refractivity contribution < 1.29 is 19.1 Å². The van der Waals surface area contributed by atoms with Crippen LogP contribution in [-0.2, 0) is 9.53 Å². The number of carbonyl (C=O) groups excluding carboxylic acids is 3. The van der Waals surface area contributed by atoms with Crippen LogP contribution in [0, 0.1) is 0 Å². The van der Waals surface area contributed by atoms with Gasteiger partial charge in [0.1, 0.15) is 6.54 Å². The molecule has 1 saturated heterocycles. The lowest BCUT2D eigenvalue weighted by molar-refractivity contribution is -0.135. The summed E-state index contributed by atoms with van der Waals surface area (Å²) in [6.45, 7) is 1.67. The van der Waals surface area contributed by atoms with E-state index < -0.39 is 11.8 Å². The van der Waals surface area contributed by atoms with Gasteiger partial charge in [0, 0.05) is 18.1 Å². The topological polar surface area (TPSA) is 66.9 Å². The Bertz CT molecular complexity index is 625. The molecular weight excluding hydrogens is 296 g/mol. The Morgan fingerprint density at radius 3 is 2.52 bits per heavy atom. The van der Waals surface area contributed by atoms with E-state index in [1.807, 2.05) is 0 Å². The summed E-state index contributed by atoms with van der Waals surface area (Å²) >= 11 is 5.84. The second kappa shape index (κ2) is 5.46. The molecular formula is C14H13ClN2O4. The van der Waals surface area contributed by atoms with Crippen LogP contribution in [0.25, 0.3) is 0 Å². The number of halogens is 1. The summed E-state index contributed by atoms with van der Waals surface area (Å²) in [5.74, 6) is -1.17. The SMILES string of the molecule is O=C(CN1C(=O)c2ccc(Cl)cc2C1=O)N1CCOCC1. The number of morpholine rings is 1. The molecule has 110 valence electrons. The monoisotopic (exact) mass is 308 g/mol. The molecule has 0 aromatic heterocycles. The maximum absolute atomic E-state index is 12.2. The summed E-state index contributed by atoms with van der Waals surface area (Å²) in [4.78, 5) is 39.2. The largest absolute Gasteiger partial charge is 0.378 e. The zero-order valence-electron chi connectivity index (χ0n) is 11.2. The van der Waals surface area contributed by atoms with Crippen LogP contribution >= 0.6 is 11.6 Å². The molecule has 2 heterocycles. The van der Waals surface area contributed by atoms with Crippen LogP contribution in [0.2, 0.25) is 5.02 Å². The van der Waals surface area contributed by atoms with Crippen LogP contribution in [0.5, 0.6) is 0 Å². The predicted octanol–water partition coefficient (Wildman–Crippen LogP) is 0.795. The maximum atomic E-state index is 12.2. The lowest BCUT2D eigenvalue weighted by Crippen LogP contribution is -2.47. The number of hydrogen-bond donors (Lipinski definition) is 0. The average molecular weight is 309 g/mol. The Labute approximate surface area is 126 Å². The molecule has 21 heavy (non-hydrogen) atoms. The van der Waals surface area contributed by atoms with Crippen LogP contribution < -0.4 is 0 Å². The number of imide groups is 1. The van der Waals surface area contributed by atoms with Crippen LogP contribution in [-0.4, -0.2) is 60.4 Å². The van der Waals surface area contributed by atoms with Crippen molar-refractivity contribution in [2.24, 2.45) is 0 Å². The Morgan fingerprint density at radius 1 is 1.14 bits per heavy atom. The first-order valence-electron chi connectivity index (χ1n) is 6.59. The first-order valence-corrected chi connectivity index (χ1v) is 6.97. The van der Waals surface area contributed by atoms with Crippen LogP contribution in [0.3, 0.4) is 0 Å². The summed E-state index contributed by atoms with van der Waals surface area (Å²) in [6.07, 6.45) is 0. The van der Waals surface area contributed by atoms with Crippen LogP contribution in [0.4, 0.5) is 0 Å². The molecule has 1 fully saturated rings. The van der Waals surface area contributed by atoms with Gasteiger partial charge in [-0.3, -0.25) is 19.3 Å². The van der Waals surface area contributed by atoms with E-state index in [4.69, 9.17) is 16.3 Å². The summed E-state index contributed by atoms with van der Waals surface area (Å²) in [7, 11) is 0. The number of hydrogen-bond acceptors (Lipinski definition) is 4. The van der Waals surface area contributed by atoms with Gasteiger partial charge < -0.3 is 9.64 Å². The van der Waals surface area contributed by atoms with Gasteiger partial charge >= 0.3 is 0 Å². The third-order valence-corrected chi connectivity index (χ3v) is 3.82. The summed E-state index contributed by atoms with van der Waals surface area (Å²) in [6, 6.07) is 4.52. The van der Waals surface area contributed by atoms with Gasteiger partial charge in [-0.2, -0.15) is 0 Å². The van der Waals surface area contributed by atoms with E-state index in [9.17, 15) is 14.4 Å². The van der Waals surface area contributed by atoms with Gasteiger partial charge in [0.2, 0.25) is 5.91 Å². The first kappa shape index (κ1) is 14.0. The van der Waals surface area contributed by atoms with Gasteiger partial charge in [-0.15, -0.1) is 0 Å². The number of nitrogens with zero attached hydrogens (tertiary/aromatic N) is 2. The molecule has 3 rings (SSSR count). The van der Waals surface area contributed by atoms with Gasteiger partial charge in [0.25, 0.3) is 11.8 Å². The fourth-order valence-electron chi connectivity index (χ4n) is 2.45. The highest BCUT2D eigenvalue weighted by atomic mass is 35.5. The van der Waals surface area contributed by atoms with Gasteiger partial charge in [0.05, 0.1) is 24.3 Å². The summed E-state index contributed by atoms with van der Waals surface area (Å²) in [5.41, 5.74) is 0.543. The van der Waals surface area contributed by atoms with E-state index in [2.05, 4.69) is 0 Å². The molecule has 7 heteroatoms. The Balaban J connectivity index is 1.77. The third kappa shape index (κ3) is 2.52. The molecule has 0 N–H and O–H groups in total. The molecule has 0 aliphatic carbocycles. The highest BCUT2D eigenvalue weighted by Crippen LogP contribution is 2.25. The zero-order chi connectivity index (χ0) is 15.0. The van der Waals surface area contributed by atoms with E-state index >= 15 is 0 Å². The predicted molar refractivity (Wildman–Crippen MR) is 74.2 cm³/mol. The third-order valence-electron chi connectivity index (χ3n) is 3.59. The number of fused-ring (bicyclic) bond motifs is 1.